The highest BCUT2D eigenvalue weighted by Crippen LogP contribution is 2.35. The summed E-state index contributed by atoms with van der Waals surface area (Å²) in [6.45, 7) is 0. The molecule has 0 aliphatic rings. The second-order valence-corrected chi connectivity index (χ2v) is 4.61. The Balaban J connectivity index is 2.64. The number of hydrogen-bond acceptors (Lipinski definition) is 2. The van der Waals surface area contributed by atoms with Crippen molar-refractivity contribution in [3.8, 4) is 11.4 Å². The van der Waals surface area contributed by atoms with Gasteiger partial charge in [0, 0.05) is 11.8 Å². The first-order valence-electron chi connectivity index (χ1n) is 4.81. The van der Waals surface area contributed by atoms with E-state index >= 15 is 0 Å². The van der Waals surface area contributed by atoms with Crippen LogP contribution in [0.25, 0.3) is 11.4 Å². The Labute approximate surface area is 113 Å². The zero-order valence-electron chi connectivity index (χ0n) is 8.75. The minimum absolute atomic E-state index is 0.0895. The van der Waals surface area contributed by atoms with Gasteiger partial charge in [-0.2, -0.15) is 13.2 Å². The molecule has 0 fully saturated rings. The molecule has 0 amide bonds. The molecule has 3 nitrogen and oxygen atoms in total. The van der Waals surface area contributed by atoms with Crippen molar-refractivity contribution in [2.24, 2.45) is 0 Å². The van der Waals surface area contributed by atoms with Crippen LogP contribution in [0.5, 0.6) is 0 Å². The lowest BCUT2D eigenvalue weighted by molar-refractivity contribution is -0.137. The highest BCUT2D eigenvalue weighted by molar-refractivity contribution is 14.1. The molecule has 94 valence electrons. The third-order valence-electron chi connectivity index (χ3n) is 2.24. The van der Waals surface area contributed by atoms with E-state index in [9.17, 15) is 18.0 Å². The smallest absolute Gasteiger partial charge is 0.306 e. The normalized spacial score (nSPS) is 11.6. The van der Waals surface area contributed by atoms with Crippen molar-refractivity contribution in [1.82, 2.24) is 9.97 Å². The summed E-state index contributed by atoms with van der Waals surface area (Å²) in [7, 11) is 0. The molecule has 0 bridgehead atoms. The molecular weight excluding hydrogens is 360 g/mol. The Morgan fingerprint density at radius 1 is 1.22 bits per heavy atom. The van der Waals surface area contributed by atoms with E-state index in [-0.39, 0.29) is 11.4 Å². The van der Waals surface area contributed by atoms with Crippen LogP contribution in [-0.4, -0.2) is 9.97 Å². The van der Waals surface area contributed by atoms with Gasteiger partial charge in [0.15, 0.2) is 0 Å². The summed E-state index contributed by atoms with van der Waals surface area (Å²) >= 11 is 1.76. The summed E-state index contributed by atoms with van der Waals surface area (Å²) in [5.41, 5.74) is -1.43. The first-order chi connectivity index (χ1) is 8.39. The van der Waals surface area contributed by atoms with Gasteiger partial charge in [-0.15, -0.1) is 0 Å². The highest BCUT2D eigenvalue weighted by Gasteiger charge is 2.33. The van der Waals surface area contributed by atoms with E-state index in [4.69, 9.17) is 0 Å². The molecule has 0 aliphatic carbocycles. The van der Waals surface area contributed by atoms with Gasteiger partial charge in [0.05, 0.1) is 9.13 Å². The Kier molecular flexibility index (Phi) is 3.42. The van der Waals surface area contributed by atoms with Crippen molar-refractivity contribution < 1.29 is 13.2 Å². The second-order valence-electron chi connectivity index (χ2n) is 3.45. The molecule has 0 saturated carbocycles. The molecule has 0 radical (unpaired) electrons. The van der Waals surface area contributed by atoms with E-state index in [0.29, 0.717) is 3.57 Å². The molecular formula is C11H6F3IN2O. The van der Waals surface area contributed by atoms with E-state index < -0.39 is 17.3 Å². The maximum absolute atomic E-state index is 12.8. The van der Waals surface area contributed by atoms with Crippen molar-refractivity contribution in [2.45, 2.75) is 6.18 Å². The predicted molar refractivity (Wildman–Crippen MR) is 68.0 cm³/mol. The average molecular weight is 366 g/mol. The molecule has 1 heterocycles. The molecule has 0 saturated heterocycles. The van der Waals surface area contributed by atoms with Crippen LogP contribution in [0.4, 0.5) is 13.2 Å². The fraction of sp³-hybridized carbons (Fsp3) is 0.0909. The van der Waals surface area contributed by atoms with Crippen LogP contribution in [-0.2, 0) is 6.18 Å². The van der Waals surface area contributed by atoms with Crippen LogP contribution < -0.4 is 5.56 Å². The van der Waals surface area contributed by atoms with Crippen LogP contribution in [0, 0.1) is 3.57 Å². The number of alkyl halides is 3. The maximum Gasteiger partial charge on any atom is 0.417 e. The van der Waals surface area contributed by atoms with E-state index in [0.717, 1.165) is 6.07 Å². The topological polar surface area (TPSA) is 45.8 Å². The third-order valence-corrected chi connectivity index (χ3v) is 3.01. The first kappa shape index (κ1) is 13.1. The summed E-state index contributed by atoms with van der Waals surface area (Å²) in [6, 6.07) is 4.97. The van der Waals surface area contributed by atoms with Gasteiger partial charge in [-0.1, -0.05) is 18.2 Å². The average Bonchev–Trinajstić information content (AvgIpc) is 2.32. The summed E-state index contributed by atoms with van der Waals surface area (Å²) in [4.78, 5) is 17.5. The van der Waals surface area contributed by atoms with Crippen molar-refractivity contribution >= 4 is 22.6 Å². The first-order valence-corrected chi connectivity index (χ1v) is 5.89. The van der Waals surface area contributed by atoms with Gasteiger partial charge in [-0.3, -0.25) is 4.79 Å². The van der Waals surface area contributed by atoms with E-state index in [1.54, 1.807) is 22.6 Å². The minimum atomic E-state index is -4.49. The van der Waals surface area contributed by atoms with Crippen molar-refractivity contribution in [1.29, 1.82) is 0 Å². The lowest BCUT2D eigenvalue weighted by Crippen LogP contribution is -2.14. The predicted octanol–water partition coefficient (Wildman–Crippen LogP) is 3.06. The molecule has 1 aromatic heterocycles. The zero-order valence-corrected chi connectivity index (χ0v) is 10.9. The molecule has 2 aromatic rings. The van der Waals surface area contributed by atoms with Crippen molar-refractivity contribution in [2.75, 3.05) is 0 Å². The van der Waals surface area contributed by atoms with Crippen molar-refractivity contribution in [3.63, 3.8) is 0 Å². The largest absolute Gasteiger partial charge is 0.417 e. The molecule has 1 N–H and O–H groups in total. The molecule has 0 atom stereocenters. The van der Waals surface area contributed by atoms with Gasteiger partial charge in [0.1, 0.15) is 5.82 Å². The van der Waals surface area contributed by atoms with Gasteiger partial charge < -0.3 is 4.98 Å². The summed E-state index contributed by atoms with van der Waals surface area (Å²) < 4.78 is 38.7. The minimum Gasteiger partial charge on any atom is -0.306 e. The summed E-state index contributed by atoms with van der Waals surface area (Å²) in [5, 5.41) is 0. The Morgan fingerprint density at radius 3 is 2.50 bits per heavy atom. The molecule has 0 unspecified atom stereocenters. The molecule has 0 spiro atoms. The number of nitrogens with one attached hydrogen (secondary N) is 1. The van der Waals surface area contributed by atoms with Crippen LogP contribution in [0.15, 0.2) is 35.3 Å². The van der Waals surface area contributed by atoms with E-state index in [1.807, 2.05) is 0 Å². The number of rotatable bonds is 1. The number of benzene rings is 1. The standard InChI is InChI=1S/C11H6F3IN2O/c12-11(13,14)7-4-2-1-3-6(7)9-16-5-8(15)10(18)17-9/h1-5H,(H,16,17,18). The molecule has 2 rings (SSSR count). The van der Waals surface area contributed by atoms with Gasteiger partial charge in [-0.05, 0) is 28.7 Å². The number of aromatic amines is 1. The lowest BCUT2D eigenvalue weighted by atomic mass is 10.1. The Morgan fingerprint density at radius 2 is 1.89 bits per heavy atom. The second kappa shape index (κ2) is 4.71. The van der Waals surface area contributed by atoms with Crippen LogP contribution in [0.2, 0.25) is 0 Å². The van der Waals surface area contributed by atoms with Crippen molar-refractivity contribution in [3.05, 3.63) is 49.9 Å². The highest BCUT2D eigenvalue weighted by atomic mass is 127. The third kappa shape index (κ3) is 2.55. The number of nitrogens with zero attached hydrogens (tertiary/aromatic N) is 1. The molecule has 7 heteroatoms. The lowest BCUT2D eigenvalue weighted by Gasteiger charge is -2.11. The molecule has 18 heavy (non-hydrogen) atoms. The fourth-order valence-corrected chi connectivity index (χ4v) is 1.73. The quantitative estimate of drug-likeness (QED) is 0.789. The van der Waals surface area contributed by atoms with Crippen LogP contribution in [0.3, 0.4) is 0 Å². The Bertz CT molecular complexity index is 637. The van der Waals surface area contributed by atoms with Gasteiger partial charge in [0.2, 0.25) is 0 Å². The monoisotopic (exact) mass is 366 g/mol. The molecule has 0 aliphatic heterocycles. The fourth-order valence-electron chi connectivity index (χ4n) is 1.45. The summed E-state index contributed by atoms with van der Waals surface area (Å²) in [5.74, 6) is -0.0895. The van der Waals surface area contributed by atoms with E-state index in [2.05, 4.69) is 9.97 Å². The molecule has 1 aromatic carbocycles. The van der Waals surface area contributed by atoms with Crippen LogP contribution in [0.1, 0.15) is 5.56 Å². The van der Waals surface area contributed by atoms with Gasteiger partial charge in [-0.25, -0.2) is 4.98 Å². The summed E-state index contributed by atoms with van der Waals surface area (Å²) in [6.07, 6.45) is -3.25. The SMILES string of the molecule is O=c1[nH]c(-c2ccccc2C(F)(F)F)ncc1I. The van der Waals surface area contributed by atoms with Gasteiger partial charge in [0.25, 0.3) is 5.56 Å². The Hall–Kier alpha value is -1.38. The van der Waals surface area contributed by atoms with E-state index in [1.165, 1.54) is 24.4 Å². The number of hydrogen-bond donors (Lipinski definition) is 1. The number of halogens is 4. The zero-order chi connectivity index (χ0) is 13.3. The van der Waals surface area contributed by atoms with Gasteiger partial charge >= 0.3 is 6.18 Å². The maximum atomic E-state index is 12.8. The number of H-pyrrole nitrogens is 1. The van der Waals surface area contributed by atoms with Crippen LogP contribution >= 0.6 is 22.6 Å². The number of aromatic nitrogens is 2.